The van der Waals surface area contributed by atoms with Crippen LogP contribution in [-0.4, -0.2) is 40.6 Å². The fourth-order valence-electron chi connectivity index (χ4n) is 4.00. The van der Waals surface area contributed by atoms with Gasteiger partial charge in [-0.3, -0.25) is 18.9 Å². The molecule has 1 N–H and O–H groups in total. The number of pyridine rings is 1. The number of thiocarbonyl (C=S) groups is 1. The fraction of sp³-hybridized carbons (Fsp3) is 0.192. The quantitative estimate of drug-likeness (QED) is 0.214. The Morgan fingerprint density at radius 1 is 1.11 bits per heavy atom. The third kappa shape index (κ3) is 4.95. The van der Waals surface area contributed by atoms with Crippen LogP contribution in [0.4, 0.5) is 5.82 Å². The van der Waals surface area contributed by atoms with E-state index in [0.29, 0.717) is 39.3 Å². The molecule has 10 heteroatoms. The Morgan fingerprint density at radius 3 is 2.72 bits per heavy atom. The summed E-state index contributed by atoms with van der Waals surface area (Å²) < 4.78 is 3.98. The minimum absolute atomic E-state index is 0.214. The summed E-state index contributed by atoms with van der Waals surface area (Å²) in [5.41, 5.74) is 2.54. The first kappa shape index (κ1) is 24.0. The van der Waals surface area contributed by atoms with Crippen LogP contribution in [0.15, 0.2) is 77.1 Å². The minimum atomic E-state index is -0.242. The lowest BCUT2D eigenvalue weighted by Crippen LogP contribution is -2.27. The number of imidazole rings is 1. The van der Waals surface area contributed by atoms with E-state index in [2.05, 4.69) is 10.3 Å². The first-order chi connectivity index (χ1) is 17.5. The minimum Gasteiger partial charge on any atom is -0.369 e. The van der Waals surface area contributed by atoms with Crippen LogP contribution in [0.1, 0.15) is 23.1 Å². The lowest BCUT2D eigenvalue weighted by atomic mass is 10.2. The molecule has 0 aliphatic carbocycles. The summed E-state index contributed by atoms with van der Waals surface area (Å²) in [5.74, 6) is 0.238. The molecule has 0 unspecified atom stereocenters. The van der Waals surface area contributed by atoms with Crippen molar-refractivity contribution >= 4 is 51.7 Å². The number of carbonyl (C=O) groups excluding carboxylic acids is 1. The predicted octanol–water partition coefficient (Wildman–Crippen LogP) is 4.10. The van der Waals surface area contributed by atoms with E-state index in [1.807, 2.05) is 60.2 Å². The van der Waals surface area contributed by atoms with E-state index in [1.54, 1.807) is 29.7 Å². The van der Waals surface area contributed by atoms with Gasteiger partial charge in [-0.05, 0) is 36.6 Å². The summed E-state index contributed by atoms with van der Waals surface area (Å²) in [6.07, 6.45) is 9.54. The van der Waals surface area contributed by atoms with Crippen molar-refractivity contribution in [3.8, 4) is 0 Å². The monoisotopic (exact) mass is 516 g/mol. The van der Waals surface area contributed by atoms with Crippen molar-refractivity contribution in [1.82, 2.24) is 23.8 Å². The summed E-state index contributed by atoms with van der Waals surface area (Å²) >= 11 is 6.70. The number of aryl methyl sites for hydroxylation is 2. The highest BCUT2D eigenvalue weighted by Crippen LogP contribution is 2.34. The molecule has 0 saturated carbocycles. The largest absolute Gasteiger partial charge is 0.369 e. The summed E-state index contributed by atoms with van der Waals surface area (Å²) in [6, 6.07) is 13.4. The highest BCUT2D eigenvalue weighted by Gasteiger charge is 2.32. The first-order valence-electron chi connectivity index (χ1n) is 11.5. The zero-order valence-electron chi connectivity index (χ0n) is 19.6. The molecule has 182 valence electrons. The molecule has 1 fully saturated rings. The molecule has 5 rings (SSSR count). The van der Waals surface area contributed by atoms with Gasteiger partial charge in [0, 0.05) is 31.7 Å². The van der Waals surface area contributed by atoms with E-state index in [1.165, 1.54) is 16.2 Å². The van der Waals surface area contributed by atoms with E-state index in [0.717, 1.165) is 24.1 Å². The number of anilines is 1. The molecule has 4 aromatic rings. The number of benzene rings is 1. The van der Waals surface area contributed by atoms with Gasteiger partial charge in [0.1, 0.15) is 15.8 Å². The summed E-state index contributed by atoms with van der Waals surface area (Å²) in [7, 11) is 0. The zero-order valence-corrected chi connectivity index (χ0v) is 21.3. The molecule has 0 radical (unpaired) electrons. The third-order valence-electron chi connectivity index (χ3n) is 5.86. The average Bonchev–Trinajstić information content (AvgIpc) is 3.49. The Kier molecular flexibility index (Phi) is 6.97. The van der Waals surface area contributed by atoms with Gasteiger partial charge < -0.3 is 9.88 Å². The number of nitrogens with zero attached hydrogens (tertiary/aromatic N) is 5. The topological polar surface area (TPSA) is 84.5 Å². The smallest absolute Gasteiger partial charge is 0.267 e. The maximum Gasteiger partial charge on any atom is 0.267 e. The molecule has 0 bridgehead atoms. The standard InChI is InChI=1S/C26H24N6O2S2/c1-18-7-5-13-31-23(18)29-22(28-10-6-12-30-14-11-27-17-30)20(24(31)33)15-21-25(34)32(26(35)36-21)16-19-8-3-2-4-9-19/h2-5,7-9,11,13-15,17,28H,6,10,12,16H2,1H3. The Labute approximate surface area is 217 Å². The highest BCUT2D eigenvalue weighted by atomic mass is 32.2. The van der Waals surface area contributed by atoms with Crippen LogP contribution in [0.3, 0.4) is 0 Å². The van der Waals surface area contributed by atoms with Crippen LogP contribution in [0.5, 0.6) is 0 Å². The Bertz CT molecular complexity index is 1510. The second-order valence-corrected chi connectivity index (χ2v) is 10.1. The number of rotatable bonds is 8. The number of carbonyl (C=O) groups is 1. The molecule has 0 spiro atoms. The molecular weight excluding hydrogens is 492 g/mol. The molecule has 1 aliphatic rings. The first-order valence-corrected chi connectivity index (χ1v) is 12.7. The number of nitrogens with one attached hydrogen (secondary N) is 1. The Hall–Kier alpha value is -3.76. The summed E-state index contributed by atoms with van der Waals surface area (Å²) in [5, 5.41) is 3.32. The Morgan fingerprint density at radius 2 is 1.94 bits per heavy atom. The van der Waals surface area contributed by atoms with E-state index in [9.17, 15) is 9.59 Å². The van der Waals surface area contributed by atoms with Crippen molar-refractivity contribution in [1.29, 1.82) is 0 Å². The van der Waals surface area contributed by atoms with Crippen molar-refractivity contribution in [2.75, 3.05) is 11.9 Å². The van der Waals surface area contributed by atoms with Crippen LogP contribution in [0.2, 0.25) is 0 Å². The molecule has 3 aromatic heterocycles. The number of amides is 1. The molecule has 4 heterocycles. The normalized spacial score (nSPS) is 14.8. The summed E-state index contributed by atoms with van der Waals surface area (Å²) in [6.45, 7) is 3.68. The second kappa shape index (κ2) is 10.5. The van der Waals surface area contributed by atoms with Gasteiger partial charge in [-0.2, -0.15) is 0 Å². The molecule has 1 saturated heterocycles. The van der Waals surface area contributed by atoms with Gasteiger partial charge in [0.15, 0.2) is 0 Å². The molecule has 8 nitrogen and oxygen atoms in total. The van der Waals surface area contributed by atoms with Crippen molar-refractivity contribution in [2.45, 2.75) is 26.4 Å². The van der Waals surface area contributed by atoms with E-state index in [-0.39, 0.29) is 11.5 Å². The van der Waals surface area contributed by atoms with Gasteiger partial charge in [0.05, 0.1) is 23.3 Å². The summed E-state index contributed by atoms with van der Waals surface area (Å²) in [4.78, 5) is 37.6. The predicted molar refractivity (Wildman–Crippen MR) is 147 cm³/mol. The second-order valence-electron chi connectivity index (χ2n) is 8.40. The van der Waals surface area contributed by atoms with E-state index < -0.39 is 0 Å². The van der Waals surface area contributed by atoms with Crippen LogP contribution in [0, 0.1) is 6.92 Å². The molecule has 1 aromatic carbocycles. The van der Waals surface area contributed by atoms with Gasteiger partial charge in [-0.1, -0.05) is 60.4 Å². The van der Waals surface area contributed by atoms with Crippen molar-refractivity contribution in [3.05, 3.63) is 99.3 Å². The number of hydrogen-bond donors (Lipinski definition) is 1. The molecule has 1 amide bonds. The van der Waals surface area contributed by atoms with Crippen molar-refractivity contribution < 1.29 is 4.79 Å². The van der Waals surface area contributed by atoms with Gasteiger partial charge in [-0.15, -0.1) is 0 Å². The van der Waals surface area contributed by atoms with Crippen molar-refractivity contribution in [3.63, 3.8) is 0 Å². The zero-order chi connectivity index (χ0) is 25.1. The van der Waals surface area contributed by atoms with Gasteiger partial charge in [0.2, 0.25) is 0 Å². The molecule has 1 aliphatic heterocycles. The number of aromatic nitrogens is 4. The lowest BCUT2D eigenvalue weighted by molar-refractivity contribution is -0.122. The van der Waals surface area contributed by atoms with Crippen molar-refractivity contribution in [2.24, 2.45) is 0 Å². The average molecular weight is 517 g/mol. The number of thioether (sulfide) groups is 1. The van der Waals surface area contributed by atoms with Crippen LogP contribution in [-0.2, 0) is 17.9 Å². The number of hydrogen-bond acceptors (Lipinski definition) is 7. The van der Waals surface area contributed by atoms with Crippen LogP contribution < -0.4 is 10.9 Å². The van der Waals surface area contributed by atoms with Crippen LogP contribution >= 0.6 is 24.0 Å². The molecule has 0 atom stereocenters. The molecule has 36 heavy (non-hydrogen) atoms. The van der Waals surface area contributed by atoms with Crippen LogP contribution in [0.25, 0.3) is 11.7 Å². The van der Waals surface area contributed by atoms with E-state index in [4.69, 9.17) is 17.2 Å². The van der Waals surface area contributed by atoms with E-state index >= 15 is 0 Å². The maximum atomic E-state index is 13.5. The van der Waals surface area contributed by atoms with Gasteiger partial charge in [0.25, 0.3) is 11.5 Å². The third-order valence-corrected chi connectivity index (χ3v) is 7.24. The highest BCUT2D eigenvalue weighted by molar-refractivity contribution is 8.26. The SMILES string of the molecule is Cc1cccn2c(=O)c(C=C3SC(=S)N(Cc4ccccc4)C3=O)c(NCCCn3ccnc3)nc12. The van der Waals surface area contributed by atoms with Gasteiger partial charge in [-0.25, -0.2) is 9.97 Å². The molecular formula is C26H24N6O2S2. The van der Waals surface area contributed by atoms with Gasteiger partial charge >= 0.3 is 0 Å². The number of fused-ring (bicyclic) bond motifs is 1. The fourth-order valence-corrected chi connectivity index (χ4v) is 5.23. The Balaban J connectivity index is 1.46. The maximum absolute atomic E-state index is 13.5. The lowest BCUT2D eigenvalue weighted by Gasteiger charge is -2.14.